The first-order valence-corrected chi connectivity index (χ1v) is 7.03. The van der Waals surface area contributed by atoms with Gasteiger partial charge in [0.1, 0.15) is 11.9 Å². The Morgan fingerprint density at radius 3 is 3.09 bits per heavy atom. The average Bonchev–Trinajstić information content (AvgIpc) is 3.10. The number of rotatable bonds is 2. The van der Waals surface area contributed by atoms with E-state index in [0.29, 0.717) is 23.0 Å². The fraction of sp³-hybridized carbons (Fsp3) is 0.286. The van der Waals surface area contributed by atoms with E-state index in [1.165, 1.54) is 4.68 Å². The number of carbonyl (C=O) groups excluding carboxylic acids is 2. The molecule has 0 spiro atoms. The van der Waals surface area contributed by atoms with Gasteiger partial charge in [0.2, 0.25) is 24.6 Å². The van der Waals surface area contributed by atoms with Gasteiger partial charge in [-0.05, 0) is 19.1 Å². The predicted molar refractivity (Wildman–Crippen MR) is 78.2 cm³/mol. The van der Waals surface area contributed by atoms with Crippen molar-refractivity contribution in [2.45, 2.75) is 19.4 Å². The monoisotopic (exact) mass is 315 g/mol. The van der Waals surface area contributed by atoms with Crippen LogP contribution in [0.4, 0.5) is 11.6 Å². The SMILES string of the molecule is Cc1nc2n(n1)[C@@H](C(=O)Nc1ccc3c(c1)OCO3)CC(=O)N2. The molecule has 0 unspecified atom stereocenters. The summed E-state index contributed by atoms with van der Waals surface area (Å²) < 4.78 is 11.9. The highest BCUT2D eigenvalue weighted by atomic mass is 16.7. The van der Waals surface area contributed by atoms with E-state index in [1.54, 1.807) is 25.1 Å². The molecule has 0 aliphatic carbocycles. The summed E-state index contributed by atoms with van der Waals surface area (Å²) in [6, 6.07) is 4.36. The molecule has 0 saturated heterocycles. The van der Waals surface area contributed by atoms with Crippen LogP contribution >= 0.6 is 0 Å². The molecular formula is C14H13N5O4. The number of carbonyl (C=O) groups is 2. The fourth-order valence-corrected chi connectivity index (χ4v) is 2.57. The van der Waals surface area contributed by atoms with E-state index in [-0.39, 0.29) is 31.0 Å². The number of hydrogen-bond donors (Lipinski definition) is 2. The number of fused-ring (bicyclic) bond motifs is 2. The van der Waals surface area contributed by atoms with Crippen molar-refractivity contribution in [3.8, 4) is 11.5 Å². The largest absolute Gasteiger partial charge is 0.454 e. The minimum absolute atomic E-state index is 0.00614. The first kappa shape index (κ1) is 13.6. The Labute approximate surface area is 130 Å². The fourth-order valence-electron chi connectivity index (χ4n) is 2.57. The molecule has 0 radical (unpaired) electrons. The predicted octanol–water partition coefficient (Wildman–Crippen LogP) is 0.837. The van der Waals surface area contributed by atoms with Crippen LogP contribution in [0, 0.1) is 6.92 Å². The average molecular weight is 315 g/mol. The second kappa shape index (κ2) is 4.97. The zero-order valence-corrected chi connectivity index (χ0v) is 12.2. The number of nitrogens with zero attached hydrogens (tertiary/aromatic N) is 3. The van der Waals surface area contributed by atoms with Crippen molar-refractivity contribution in [2.75, 3.05) is 17.4 Å². The number of benzene rings is 1. The van der Waals surface area contributed by atoms with Gasteiger partial charge in [-0.2, -0.15) is 10.1 Å². The van der Waals surface area contributed by atoms with Gasteiger partial charge in [-0.3, -0.25) is 14.9 Å². The Morgan fingerprint density at radius 1 is 1.39 bits per heavy atom. The van der Waals surface area contributed by atoms with Gasteiger partial charge < -0.3 is 14.8 Å². The van der Waals surface area contributed by atoms with E-state index in [2.05, 4.69) is 20.7 Å². The lowest BCUT2D eigenvalue weighted by molar-refractivity contribution is -0.125. The smallest absolute Gasteiger partial charge is 0.249 e. The highest BCUT2D eigenvalue weighted by Gasteiger charge is 2.32. The third-order valence-electron chi connectivity index (χ3n) is 3.61. The van der Waals surface area contributed by atoms with Crippen LogP contribution in [0.5, 0.6) is 11.5 Å². The lowest BCUT2D eigenvalue weighted by Crippen LogP contribution is -2.36. The standard InChI is InChI=1S/C14H13N5O4/c1-7-15-14-17-12(20)5-9(19(14)18-7)13(21)16-8-2-3-10-11(4-8)23-6-22-10/h2-4,9H,5-6H2,1H3,(H,16,21)(H,15,17,18,20)/t9-/m1/s1. The highest BCUT2D eigenvalue weighted by molar-refractivity contribution is 6.00. The molecule has 118 valence electrons. The number of anilines is 2. The van der Waals surface area contributed by atoms with Crippen molar-refractivity contribution in [3.63, 3.8) is 0 Å². The van der Waals surface area contributed by atoms with E-state index < -0.39 is 6.04 Å². The first-order valence-electron chi connectivity index (χ1n) is 7.03. The van der Waals surface area contributed by atoms with Crippen LogP contribution in [-0.4, -0.2) is 33.4 Å². The van der Waals surface area contributed by atoms with Crippen LogP contribution in [0.15, 0.2) is 18.2 Å². The molecule has 9 nitrogen and oxygen atoms in total. The first-order chi connectivity index (χ1) is 11.1. The molecule has 1 aromatic heterocycles. The van der Waals surface area contributed by atoms with Crippen LogP contribution in [-0.2, 0) is 9.59 Å². The second-order valence-electron chi connectivity index (χ2n) is 5.25. The normalized spacial score (nSPS) is 18.3. The lowest BCUT2D eigenvalue weighted by Gasteiger charge is -2.22. The van der Waals surface area contributed by atoms with Gasteiger partial charge >= 0.3 is 0 Å². The number of hydrogen-bond acceptors (Lipinski definition) is 6. The summed E-state index contributed by atoms with van der Waals surface area (Å²) in [5.74, 6) is 1.36. The topological polar surface area (TPSA) is 107 Å². The maximum atomic E-state index is 12.5. The summed E-state index contributed by atoms with van der Waals surface area (Å²) in [7, 11) is 0. The van der Waals surface area contributed by atoms with E-state index >= 15 is 0 Å². The van der Waals surface area contributed by atoms with Crippen LogP contribution in [0.1, 0.15) is 18.3 Å². The van der Waals surface area contributed by atoms with Crippen LogP contribution < -0.4 is 20.1 Å². The van der Waals surface area contributed by atoms with Crippen molar-refractivity contribution in [1.82, 2.24) is 14.8 Å². The van der Waals surface area contributed by atoms with Crippen LogP contribution in [0.3, 0.4) is 0 Å². The number of aryl methyl sites for hydroxylation is 1. The van der Waals surface area contributed by atoms with Crippen molar-refractivity contribution in [2.24, 2.45) is 0 Å². The molecule has 2 aliphatic heterocycles. The van der Waals surface area contributed by atoms with Gasteiger partial charge in [0.25, 0.3) is 0 Å². The zero-order chi connectivity index (χ0) is 16.0. The van der Waals surface area contributed by atoms with E-state index in [9.17, 15) is 9.59 Å². The van der Waals surface area contributed by atoms with E-state index in [4.69, 9.17) is 9.47 Å². The molecule has 0 fully saturated rings. The quantitative estimate of drug-likeness (QED) is 0.850. The summed E-state index contributed by atoms with van der Waals surface area (Å²) in [5, 5.41) is 9.54. The third-order valence-corrected chi connectivity index (χ3v) is 3.61. The van der Waals surface area contributed by atoms with Gasteiger partial charge in [0, 0.05) is 11.8 Å². The van der Waals surface area contributed by atoms with Crippen molar-refractivity contribution in [3.05, 3.63) is 24.0 Å². The Kier molecular flexibility index (Phi) is 2.93. The molecule has 23 heavy (non-hydrogen) atoms. The third kappa shape index (κ3) is 2.35. The van der Waals surface area contributed by atoms with Gasteiger partial charge in [-0.25, -0.2) is 4.68 Å². The summed E-state index contributed by atoms with van der Waals surface area (Å²) in [5.41, 5.74) is 0.559. The maximum absolute atomic E-state index is 12.5. The lowest BCUT2D eigenvalue weighted by atomic mass is 10.1. The molecule has 3 heterocycles. The van der Waals surface area contributed by atoms with Crippen molar-refractivity contribution in [1.29, 1.82) is 0 Å². The Morgan fingerprint density at radius 2 is 2.22 bits per heavy atom. The Balaban J connectivity index is 1.58. The van der Waals surface area contributed by atoms with E-state index in [0.717, 1.165) is 0 Å². The molecule has 9 heteroatoms. The Bertz CT molecular complexity index is 815. The van der Waals surface area contributed by atoms with Gasteiger partial charge in [-0.1, -0.05) is 0 Å². The second-order valence-corrected chi connectivity index (χ2v) is 5.25. The molecule has 2 aliphatic rings. The summed E-state index contributed by atoms with van der Waals surface area (Å²) >= 11 is 0. The molecule has 2 amide bonds. The molecule has 1 atom stereocenters. The summed E-state index contributed by atoms with van der Waals surface area (Å²) in [4.78, 5) is 28.4. The number of amides is 2. The highest BCUT2D eigenvalue weighted by Crippen LogP contribution is 2.34. The van der Waals surface area contributed by atoms with Gasteiger partial charge in [-0.15, -0.1) is 0 Å². The van der Waals surface area contributed by atoms with Gasteiger partial charge in [0.05, 0.1) is 6.42 Å². The molecular weight excluding hydrogens is 302 g/mol. The van der Waals surface area contributed by atoms with E-state index in [1.807, 2.05) is 0 Å². The van der Waals surface area contributed by atoms with Crippen LogP contribution in [0.2, 0.25) is 0 Å². The molecule has 2 N–H and O–H groups in total. The molecule has 2 aromatic rings. The number of aromatic nitrogens is 3. The van der Waals surface area contributed by atoms with Gasteiger partial charge in [0.15, 0.2) is 11.5 Å². The molecule has 1 aromatic carbocycles. The minimum atomic E-state index is -0.745. The zero-order valence-electron chi connectivity index (χ0n) is 12.2. The van der Waals surface area contributed by atoms with Crippen LogP contribution in [0.25, 0.3) is 0 Å². The molecule has 0 bridgehead atoms. The maximum Gasteiger partial charge on any atom is 0.249 e. The Hall–Kier alpha value is -3.10. The van der Waals surface area contributed by atoms with Crippen molar-refractivity contribution < 1.29 is 19.1 Å². The molecule has 4 rings (SSSR count). The number of nitrogens with one attached hydrogen (secondary N) is 2. The molecule has 0 saturated carbocycles. The minimum Gasteiger partial charge on any atom is -0.454 e. The summed E-state index contributed by atoms with van der Waals surface area (Å²) in [6.45, 7) is 1.86. The number of ether oxygens (including phenoxy) is 2. The summed E-state index contributed by atoms with van der Waals surface area (Å²) in [6.07, 6.45) is 0.00614. The van der Waals surface area contributed by atoms with Crippen molar-refractivity contribution >= 4 is 23.5 Å².